The molecule has 1 atom stereocenters. The highest BCUT2D eigenvalue weighted by Crippen LogP contribution is 2.27. The van der Waals surface area contributed by atoms with E-state index in [1.807, 2.05) is 13.8 Å². The van der Waals surface area contributed by atoms with Gasteiger partial charge in [0.1, 0.15) is 6.61 Å². The zero-order valence-electron chi connectivity index (χ0n) is 11.8. The SMILES string of the molecule is Cc1ccc(S(=O)(=O)N2CCCC2C)c(C#CCO)c1. The van der Waals surface area contributed by atoms with E-state index in [9.17, 15) is 8.42 Å². The predicted molar refractivity (Wildman–Crippen MR) is 77.7 cm³/mol. The van der Waals surface area contributed by atoms with Crippen molar-refractivity contribution in [3.8, 4) is 11.8 Å². The lowest BCUT2D eigenvalue weighted by Crippen LogP contribution is -2.34. The Balaban J connectivity index is 2.51. The smallest absolute Gasteiger partial charge is 0.244 e. The number of rotatable bonds is 2. The first kappa shape index (κ1) is 15.0. The second kappa shape index (κ2) is 5.96. The van der Waals surface area contributed by atoms with Gasteiger partial charge in [0.2, 0.25) is 10.0 Å². The summed E-state index contributed by atoms with van der Waals surface area (Å²) in [5.74, 6) is 5.27. The van der Waals surface area contributed by atoms with E-state index in [1.165, 1.54) is 0 Å². The van der Waals surface area contributed by atoms with Crippen molar-refractivity contribution in [2.45, 2.75) is 37.6 Å². The van der Waals surface area contributed by atoms with E-state index in [2.05, 4.69) is 11.8 Å². The lowest BCUT2D eigenvalue weighted by atomic mass is 10.1. The highest BCUT2D eigenvalue weighted by molar-refractivity contribution is 7.89. The molecule has 1 fully saturated rings. The van der Waals surface area contributed by atoms with Crippen LogP contribution in [0.15, 0.2) is 23.1 Å². The maximum atomic E-state index is 12.7. The molecule has 0 saturated carbocycles. The molecule has 108 valence electrons. The number of sulfonamides is 1. The molecule has 0 aliphatic carbocycles. The number of hydrogen-bond acceptors (Lipinski definition) is 3. The van der Waals surface area contributed by atoms with Crippen molar-refractivity contribution >= 4 is 10.0 Å². The Kier molecular flexibility index (Phi) is 4.48. The van der Waals surface area contributed by atoms with Crippen LogP contribution in [0.5, 0.6) is 0 Å². The molecule has 4 nitrogen and oxygen atoms in total. The average Bonchev–Trinajstić information content (AvgIpc) is 2.83. The van der Waals surface area contributed by atoms with E-state index in [-0.39, 0.29) is 17.5 Å². The number of aliphatic hydroxyl groups excluding tert-OH is 1. The molecule has 1 aliphatic heterocycles. The van der Waals surface area contributed by atoms with Gasteiger partial charge in [-0.25, -0.2) is 8.42 Å². The van der Waals surface area contributed by atoms with Crippen LogP contribution in [0.4, 0.5) is 0 Å². The first-order valence-corrected chi connectivity index (χ1v) is 8.13. The van der Waals surface area contributed by atoms with Gasteiger partial charge in [0, 0.05) is 18.2 Å². The average molecular weight is 293 g/mol. The fourth-order valence-electron chi connectivity index (χ4n) is 2.49. The van der Waals surface area contributed by atoms with Crippen molar-refractivity contribution in [1.82, 2.24) is 4.31 Å². The van der Waals surface area contributed by atoms with Crippen LogP contribution < -0.4 is 0 Å². The number of hydrogen-bond donors (Lipinski definition) is 1. The molecule has 0 amide bonds. The molecule has 1 heterocycles. The van der Waals surface area contributed by atoms with Crippen LogP contribution in [0.3, 0.4) is 0 Å². The summed E-state index contributed by atoms with van der Waals surface area (Å²) >= 11 is 0. The van der Waals surface area contributed by atoms with Gasteiger partial charge in [-0.3, -0.25) is 0 Å². The minimum absolute atomic E-state index is 0.0277. The fourth-order valence-corrected chi connectivity index (χ4v) is 4.32. The summed E-state index contributed by atoms with van der Waals surface area (Å²) in [5, 5.41) is 8.81. The van der Waals surface area contributed by atoms with E-state index in [0.717, 1.165) is 18.4 Å². The molecule has 0 bridgehead atoms. The van der Waals surface area contributed by atoms with Gasteiger partial charge in [-0.1, -0.05) is 17.9 Å². The van der Waals surface area contributed by atoms with Crippen LogP contribution in [-0.4, -0.2) is 37.0 Å². The Hall–Kier alpha value is -1.35. The van der Waals surface area contributed by atoms with Gasteiger partial charge < -0.3 is 5.11 Å². The molecule has 0 spiro atoms. The second-order valence-corrected chi connectivity index (χ2v) is 6.93. The van der Waals surface area contributed by atoms with Crippen molar-refractivity contribution in [3.05, 3.63) is 29.3 Å². The lowest BCUT2D eigenvalue weighted by molar-refractivity contribution is 0.350. The van der Waals surface area contributed by atoms with E-state index in [4.69, 9.17) is 5.11 Å². The predicted octanol–water partition coefficient (Wildman–Crippen LogP) is 1.51. The molecule has 1 aromatic carbocycles. The normalized spacial score (nSPS) is 19.6. The van der Waals surface area contributed by atoms with Gasteiger partial charge in [-0.05, 0) is 44.4 Å². The monoisotopic (exact) mass is 293 g/mol. The molecule has 1 aliphatic rings. The van der Waals surface area contributed by atoms with Gasteiger partial charge in [0.05, 0.1) is 4.90 Å². The van der Waals surface area contributed by atoms with Crippen molar-refractivity contribution in [2.24, 2.45) is 0 Å². The Morgan fingerprint density at radius 2 is 2.20 bits per heavy atom. The number of aliphatic hydroxyl groups is 1. The topological polar surface area (TPSA) is 57.6 Å². The molecule has 5 heteroatoms. The van der Waals surface area contributed by atoms with Crippen molar-refractivity contribution in [3.63, 3.8) is 0 Å². The van der Waals surface area contributed by atoms with Gasteiger partial charge in [0.15, 0.2) is 0 Å². The van der Waals surface area contributed by atoms with Gasteiger partial charge in [0.25, 0.3) is 0 Å². The van der Waals surface area contributed by atoms with Crippen molar-refractivity contribution < 1.29 is 13.5 Å². The molecule has 1 aromatic rings. The van der Waals surface area contributed by atoms with E-state index >= 15 is 0 Å². The molecular weight excluding hydrogens is 274 g/mol. The summed E-state index contributed by atoms with van der Waals surface area (Å²) in [4.78, 5) is 0.234. The van der Waals surface area contributed by atoms with E-state index < -0.39 is 10.0 Å². The van der Waals surface area contributed by atoms with E-state index in [1.54, 1.807) is 22.5 Å². The first-order valence-electron chi connectivity index (χ1n) is 6.69. The summed E-state index contributed by atoms with van der Waals surface area (Å²) in [6, 6.07) is 5.16. The summed E-state index contributed by atoms with van der Waals surface area (Å²) in [6.45, 7) is 4.09. The standard InChI is InChI=1S/C15H19NO3S/c1-12-7-8-15(14(11-12)6-4-10-17)20(18,19)16-9-3-5-13(16)2/h7-8,11,13,17H,3,5,9-10H2,1-2H3. The van der Waals surface area contributed by atoms with Crippen LogP contribution in [-0.2, 0) is 10.0 Å². The van der Waals surface area contributed by atoms with Gasteiger partial charge in [-0.15, -0.1) is 0 Å². The molecule has 0 aromatic heterocycles. The Labute approximate surface area is 120 Å². The summed E-state index contributed by atoms with van der Waals surface area (Å²) in [6.07, 6.45) is 1.78. The van der Waals surface area contributed by atoms with Crippen LogP contribution in [0, 0.1) is 18.8 Å². The van der Waals surface area contributed by atoms with Crippen LogP contribution in [0.2, 0.25) is 0 Å². The number of nitrogens with zero attached hydrogens (tertiary/aromatic N) is 1. The maximum absolute atomic E-state index is 12.7. The highest BCUT2D eigenvalue weighted by atomic mass is 32.2. The van der Waals surface area contributed by atoms with Crippen LogP contribution in [0.1, 0.15) is 30.9 Å². The summed E-state index contributed by atoms with van der Waals surface area (Å²) < 4.78 is 27.0. The Morgan fingerprint density at radius 1 is 1.45 bits per heavy atom. The Bertz CT molecular complexity index is 655. The van der Waals surface area contributed by atoms with Gasteiger partial charge in [-0.2, -0.15) is 4.31 Å². The minimum atomic E-state index is -3.52. The lowest BCUT2D eigenvalue weighted by Gasteiger charge is -2.21. The molecular formula is C15H19NO3S. The molecule has 1 saturated heterocycles. The fraction of sp³-hybridized carbons (Fsp3) is 0.467. The molecule has 1 unspecified atom stereocenters. The number of aryl methyl sites for hydroxylation is 1. The summed E-state index contributed by atoms with van der Waals surface area (Å²) in [5.41, 5.74) is 1.40. The van der Waals surface area contributed by atoms with Crippen molar-refractivity contribution in [1.29, 1.82) is 0 Å². The number of benzene rings is 1. The van der Waals surface area contributed by atoms with E-state index in [0.29, 0.717) is 12.1 Å². The molecule has 1 N–H and O–H groups in total. The Morgan fingerprint density at radius 3 is 2.80 bits per heavy atom. The summed E-state index contributed by atoms with van der Waals surface area (Å²) in [7, 11) is -3.52. The minimum Gasteiger partial charge on any atom is -0.384 e. The van der Waals surface area contributed by atoms with Crippen LogP contribution in [0.25, 0.3) is 0 Å². The molecule has 0 radical (unpaired) electrons. The zero-order valence-corrected chi connectivity index (χ0v) is 12.6. The largest absolute Gasteiger partial charge is 0.384 e. The third-order valence-corrected chi connectivity index (χ3v) is 5.59. The molecule has 2 rings (SSSR count). The highest BCUT2D eigenvalue weighted by Gasteiger charge is 2.33. The van der Waals surface area contributed by atoms with Crippen LogP contribution >= 0.6 is 0 Å². The quantitative estimate of drug-likeness (QED) is 0.841. The second-order valence-electron chi connectivity index (χ2n) is 5.07. The third kappa shape index (κ3) is 2.88. The maximum Gasteiger partial charge on any atom is 0.244 e. The first-order chi connectivity index (χ1) is 9.46. The molecule has 20 heavy (non-hydrogen) atoms. The third-order valence-electron chi connectivity index (χ3n) is 3.52. The van der Waals surface area contributed by atoms with Gasteiger partial charge >= 0.3 is 0 Å². The van der Waals surface area contributed by atoms with Crippen molar-refractivity contribution in [2.75, 3.05) is 13.2 Å². The zero-order chi connectivity index (χ0) is 14.8.